The summed E-state index contributed by atoms with van der Waals surface area (Å²) in [5, 5.41) is 19.9. The predicted octanol–water partition coefficient (Wildman–Crippen LogP) is 9.60. The average molecular weight is 523 g/mol. The first-order chi connectivity index (χ1) is 14.4. The number of fused-ring (bicyclic) bond motifs is 9. The number of rotatable bonds is 7. The molecule has 4 aliphatic rings. The molecule has 1 aromatic rings. The van der Waals surface area contributed by atoms with Gasteiger partial charge in [0.2, 0.25) is 0 Å². The minimum atomic E-state index is -0.968. The molecule has 4 saturated carbocycles. The van der Waals surface area contributed by atoms with Gasteiger partial charge >= 0.3 is 11.9 Å². The van der Waals surface area contributed by atoms with Crippen molar-refractivity contribution < 1.29 is 19.8 Å². The van der Waals surface area contributed by atoms with E-state index in [4.69, 9.17) is 0 Å². The first kappa shape index (κ1) is 39.7. The lowest BCUT2D eigenvalue weighted by Crippen LogP contribution is -2.46. The molecule has 4 fully saturated rings. The number of benzene rings is 1. The van der Waals surface area contributed by atoms with E-state index in [0.717, 1.165) is 30.6 Å². The number of hydrogen-bond acceptors (Lipinski definition) is 2. The molecule has 0 saturated heterocycles. The Bertz CT molecular complexity index is 821. The van der Waals surface area contributed by atoms with Gasteiger partial charge in [-0.1, -0.05) is 96.2 Å². The van der Waals surface area contributed by atoms with Gasteiger partial charge in [-0.15, -0.1) is 0 Å². The van der Waals surface area contributed by atoms with Crippen LogP contribution in [0.5, 0.6) is 0 Å². The lowest BCUT2D eigenvalue weighted by molar-refractivity contribution is -0.159. The molecule has 37 heavy (non-hydrogen) atoms. The molecule has 11 atom stereocenters. The minimum absolute atomic E-state index is 0. The van der Waals surface area contributed by atoms with Crippen LogP contribution in [0.15, 0.2) is 30.3 Å². The summed E-state index contributed by atoms with van der Waals surface area (Å²) in [7, 11) is 0. The van der Waals surface area contributed by atoms with E-state index in [1.807, 2.05) is 6.07 Å². The smallest absolute Gasteiger partial charge is 0.307 e. The van der Waals surface area contributed by atoms with Gasteiger partial charge in [0.1, 0.15) is 0 Å². The molecule has 4 aliphatic carbocycles. The molecule has 218 valence electrons. The van der Waals surface area contributed by atoms with Crippen molar-refractivity contribution in [3.63, 3.8) is 0 Å². The van der Waals surface area contributed by atoms with Gasteiger partial charge < -0.3 is 10.2 Å². The summed E-state index contributed by atoms with van der Waals surface area (Å²) in [5.74, 6) is 1.25. The average Bonchev–Trinajstić information content (AvgIpc) is 3.48. The highest BCUT2D eigenvalue weighted by atomic mass is 16.4. The first-order valence-corrected chi connectivity index (χ1v) is 11.9. The second-order valence-electron chi connectivity index (χ2n) is 10.8. The van der Waals surface area contributed by atoms with Gasteiger partial charge in [-0.2, -0.15) is 0 Å². The van der Waals surface area contributed by atoms with Crippen LogP contribution in [0, 0.1) is 59.2 Å². The van der Waals surface area contributed by atoms with Gasteiger partial charge in [-0.05, 0) is 90.9 Å². The number of aliphatic carboxylic acids is 2. The Morgan fingerprint density at radius 1 is 0.784 bits per heavy atom. The zero-order valence-corrected chi connectivity index (χ0v) is 18.0. The molecule has 5 rings (SSSR count). The van der Waals surface area contributed by atoms with Crippen molar-refractivity contribution in [1.82, 2.24) is 0 Å². The number of carboxylic acids is 2. The SMILES string of the molecule is C.C.C.C.C.C.C.CC(CC1C2CC(C1C(C(=O)O)C(C)C(=O)O)C1C3CCC(C3)C21)c1ccccc1. The van der Waals surface area contributed by atoms with Crippen molar-refractivity contribution >= 4 is 11.9 Å². The Balaban J connectivity index is -0.00000165. The van der Waals surface area contributed by atoms with Crippen LogP contribution in [0.25, 0.3) is 0 Å². The molecular formula is C33H62O4. The summed E-state index contributed by atoms with van der Waals surface area (Å²) in [5.41, 5.74) is 1.31. The molecule has 4 heteroatoms. The van der Waals surface area contributed by atoms with Crippen LogP contribution in [0.4, 0.5) is 0 Å². The summed E-state index contributed by atoms with van der Waals surface area (Å²) in [6.45, 7) is 3.87. The molecule has 1 aromatic carbocycles. The van der Waals surface area contributed by atoms with Crippen molar-refractivity contribution in [2.75, 3.05) is 0 Å². The van der Waals surface area contributed by atoms with E-state index in [0.29, 0.717) is 29.6 Å². The van der Waals surface area contributed by atoms with Crippen molar-refractivity contribution in [3.05, 3.63) is 35.9 Å². The largest absolute Gasteiger partial charge is 0.481 e. The molecule has 0 heterocycles. The highest BCUT2D eigenvalue weighted by Gasteiger charge is 2.67. The van der Waals surface area contributed by atoms with Gasteiger partial charge in [-0.3, -0.25) is 9.59 Å². The van der Waals surface area contributed by atoms with E-state index in [-0.39, 0.29) is 57.9 Å². The van der Waals surface area contributed by atoms with Crippen LogP contribution >= 0.6 is 0 Å². The van der Waals surface area contributed by atoms with Crippen molar-refractivity contribution in [2.45, 2.75) is 104 Å². The lowest BCUT2D eigenvalue weighted by Gasteiger charge is -2.46. The predicted molar refractivity (Wildman–Crippen MR) is 161 cm³/mol. The standard InChI is InChI=1S/C26H34O4.7CH4/c1-13(15-6-4-3-5-7-15)10-18-19-12-20(23-17-9-8-16(11-17)22(19)23)24(18)21(26(29)30)14(2)25(27)28;;;;;;;/h3-7,13-14,16-24H,8-12H2,1-2H3,(H,27,28)(H,29,30);7*1H4. The van der Waals surface area contributed by atoms with Crippen LogP contribution in [-0.2, 0) is 9.59 Å². The van der Waals surface area contributed by atoms with Gasteiger partial charge in [0.25, 0.3) is 0 Å². The van der Waals surface area contributed by atoms with E-state index < -0.39 is 23.8 Å². The summed E-state index contributed by atoms with van der Waals surface area (Å²) in [6, 6.07) is 10.5. The minimum Gasteiger partial charge on any atom is -0.481 e. The van der Waals surface area contributed by atoms with Crippen LogP contribution in [0.1, 0.15) is 109 Å². The fraction of sp³-hybridized carbons (Fsp3) is 0.758. The Labute approximate surface area is 230 Å². The van der Waals surface area contributed by atoms with Crippen LogP contribution in [0.2, 0.25) is 0 Å². The molecule has 2 N–H and O–H groups in total. The van der Waals surface area contributed by atoms with E-state index in [9.17, 15) is 19.8 Å². The van der Waals surface area contributed by atoms with E-state index in [1.165, 1.54) is 24.8 Å². The molecule has 0 spiro atoms. The quantitative estimate of drug-likeness (QED) is 0.350. The number of hydrogen-bond donors (Lipinski definition) is 2. The highest BCUT2D eigenvalue weighted by Crippen LogP contribution is 2.72. The maximum absolute atomic E-state index is 12.4. The summed E-state index contributed by atoms with van der Waals surface area (Å²) in [6.07, 6.45) is 6.11. The molecule has 4 nitrogen and oxygen atoms in total. The Morgan fingerprint density at radius 3 is 1.78 bits per heavy atom. The summed E-state index contributed by atoms with van der Waals surface area (Å²) in [4.78, 5) is 24.2. The highest BCUT2D eigenvalue weighted by molar-refractivity contribution is 5.80. The van der Waals surface area contributed by atoms with Gasteiger partial charge in [0.05, 0.1) is 11.8 Å². The van der Waals surface area contributed by atoms with Crippen LogP contribution in [0.3, 0.4) is 0 Å². The number of carboxylic acid groups (broad SMARTS) is 2. The monoisotopic (exact) mass is 522 g/mol. The van der Waals surface area contributed by atoms with Crippen molar-refractivity contribution in [1.29, 1.82) is 0 Å². The van der Waals surface area contributed by atoms with Gasteiger partial charge in [-0.25, -0.2) is 0 Å². The van der Waals surface area contributed by atoms with Crippen molar-refractivity contribution in [2.24, 2.45) is 59.2 Å². The molecule has 0 radical (unpaired) electrons. The zero-order chi connectivity index (χ0) is 21.2. The molecule has 0 aromatic heterocycles. The van der Waals surface area contributed by atoms with Crippen molar-refractivity contribution in [3.8, 4) is 0 Å². The lowest BCUT2D eigenvalue weighted by atomic mass is 9.57. The third-order valence-electron chi connectivity index (χ3n) is 9.74. The van der Waals surface area contributed by atoms with Crippen LogP contribution in [-0.4, -0.2) is 22.2 Å². The topological polar surface area (TPSA) is 74.6 Å². The normalized spacial score (nSPS) is 33.6. The molecule has 4 bridgehead atoms. The summed E-state index contributed by atoms with van der Waals surface area (Å²) < 4.78 is 0. The summed E-state index contributed by atoms with van der Waals surface area (Å²) >= 11 is 0. The Kier molecular flexibility index (Phi) is 16.0. The third-order valence-corrected chi connectivity index (χ3v) is 9.74. The first-order valence-electron chi connectivity index (χ1n) is 11.9. The van der Waals surface area contributed by atoms with E-state index in [1.54, 1.807) is 6.92 Å². The van der Waals surface area contributed by atoms with Crippen LogP contribution < -0.4 is 0 Å². The van der Waals surface area contributed by atoms with E-state index >= 15 is 0 Å². The van der Waals surface area contributed by atoms with Gasteiger partial charge in [0, 0.05) is 0 Å². The molecule has 0 aliphatic heterocycles. The second kappa shape index (κ2) is 14.9. The fourth-order valence-electron chi connectivity index (χ4n) is 8.81. The maximum Gasteiger partial charge on any atom is 0.307 e. The maximum atomic E-state index is 12.4. The molecule has 0 amide bonds. The molecule has 11 unspecified atom stereocenters. The number of carbonyl (C=O) groups is 2. The third kappa shape index (κ3) is 6.25. The Morgan fingerprint density at radius 2 is 1.30 bits per heavy atom. The molecular weight excluding hydrogens is 460 g/mol. The van der Waals surface area contributed by atoms with Gasteiger partial charge in [0.15, 0.2) is 0 Å². The van der Waals surface area contributed by atoms with E-state index in [2.05, 4.69) is 31.2 Å². The fourth-order valence-corrected chi connectivity index (χ4v) is 8.81. The second-order valence-corrected chi connectivity index (χ2v) is 10.8. The zero-order valence-electron chi connectivity index (χ0n) is 18.0. The Hall–Kier alpha value is -1.84.